The lowest BCUT2D eigenvalue weighted by Gasteiger charge is -2.22. The molecule has 3 N–H and O–H groups in total. The average Bonchev–Trinajstić information content (AvgIpc) is 2.84. The number of benzene rings is 2. The van der Waals surface area contributed by atoms with Gasteiger partial charge in [0.25, 0.3) is 16.8 Å². The van der Waals surface area contributed by atoms with E-state index in [1.165, 1.54) is 17.0 Å². The van der Waals surface area contributed by atoms with E-state index < -0.39 is 22.8 Å². The second-order valence-corrected chi connectivity index (χ2v) is 8.49. The van der Waals surface area contributed by atoms with Crippen LogP contribution in [-0.2, 0) is 4.79 Å². The van der Waals surface area contributed by atoms with E-state index in [9.17, 15) is 24.3 Å². The molecule has 0 heterocycles. The Labute approximate surface area is 197 Å². The van der Waals surface area contributed by atoms with Crippen molar-refractivity contribution in [3.8, 4) is 5.75 Å². The van der Waals surface area contributed by atoms with Gasteiger partial charge in [-0.2, -0.15) is 0 Å². The summed E-state index contributed by atoms with van der Waals surface area (Å²) in [5, 5.41) is 16.1. The summed E-state index contributed by atoms with van der Waals surface area (Å²) in [5.74, 6) is -0.779. The molecular weight excluding hydrogens is 434 g/mol. The van der Waals surface area contributed by atoms with Crippen LogP contribution < -0.4 is 21.5 Å². The number of anilines is 3. The molecule has 0 aromatic heterocycles. The summed E-state index contributed by atoms with van der Waals surface area (Å²) in [7, 11) is 3.11. The van der Waals surface area contributed by atoms with Crippen LogP contribution in [0.2, 0.25) is 0 Å². The molecular formula is C26H29N3O5. The summed E-state index contributed by atoms with van der Waals surface area (Å²) in [6, 6.07) is 13.6. The molecule has 8 heteroatoms. The van der Waals surface area contributed by atoms with E-state index in [2.05, 4.69) is 10.6 Å². The van der Waals surface area contributed by atoms with Gasteiger partial charge in [0.05, 0.1) is 17.3 Å². The SMILES string of the molecule is CC[C@@H](CC(=O)[C@@H](C)Nc1c(Nc2cccc(C(=O)N(C)C)c2O)c(=O)c1=O)c1ccccc1. The van der Waals surface area contributed by atoms with Gasteiger partial charge >= 0.3 is 0 Å². The van der Waals surface area contributed by atoms with E-state index >= 15 is 0 Å². The molecule has 1 amide bonds. The van der Waals surface area contributed by atoms with Gasteiger partial charge in [-0.25, -0.2) is 0 Å². The van der Waals surface area contributed by atoms with Gasteiger partial charge in [-0.1, -0.05) is 43.3 Å². The molecule has 0 unspecified atom stereocenters. The van der Waals surface area contributed by atoms with E-state index in [0.29, 0.717) is 6.42 Å². The van der Waals surface area contributed by atoms with Gasteiger partial charge in [-0.3, -0.25) is 19.2 Å². The molecule has 0 spiro atoms. The van der Waals surface area contributed by atoms with Crippen LogP contribution in [0.25, 0.3) is 0 Å². The molecule has 2 atom stereocenters. The number of hydrogen-bond donors (Lipinski definition) is 3. The molecule has 0 radical (unpaired) electrons. The van der Waals surface area contributed by atoms with Gasteiger partial charge in [0, 0.05) is 20.5 Å². The summed E-state index contributed by atoms with van der Waals surface area (Å²) in [4.78, 5) is 50.9. The number of aromatic hydroxyl groups is 1. The first-order valence-corrected chi connectivity index (χ1v) is 11.1. The molecule has 0 saturated carbocycles. The van der Waals surface area contributed by atoms with E-state index in [4.69, 9.17) is 0 Å². The first-order valence-electron chi connectivity index (χ1n) is 11.1. The van der Waals surface area contributed by atoms with Gasteiger partial charge in [0.15, 0.2) is 11.5 Å². The summed E-state index contributed by atoms with van der Waals surface area (Å²) >= 11 is 0. The molecule has 0 aliphatic carbocycles. The van der Waals surface area contributed by atoms with Crippen LogP contribution in [0.1, 0.15) is 48.5 Å². The van der Waals surface area contributed by atoms with Crippen molar-refractivity contribution in [1.29, 1.82) is 0 Å². The Balaban J connectivity index is 1.76. The fourth-order valence-electron chi connectivity index (χ4n) is 3.78. The predicted octanol–water partition coefficient (Wildman–Crippen LogP) is 3.39. The Morgan fingerprint density at radius 3 is 2.24 bits per heavy atom. The molecule has 0 fully saturated rings. The zero-order valence-corrected chi connectivity index (χ0v) is 19.7. The molecule has 0 bridgehead atoms. The normalized spacial score (nSPS) is 12.7. The highest BCUT2D eigenvalue weighted by molar-refractivity contribution is 5.99. The fraction of sp³-hybridized carbons (Fsp3) is 0.308. The molecule has 34 heavy (non-hydrogen) atoms. The third-order valence-electron chi connectivity index (χ3n) is 5.90. The average molecular weight is 464 g/mol. The van der Waals surface area contributed by atoms with Gasteiger partial charge in [-0.05, 0) is 37.0 Å². The summed E-state index contributed by atoms with van der Waals surface area (Å²) < 4.78 is 0. The van der Waals surface area contributed by atoms with Crippen molar-refractivity contribution in [3.05, 3.63) is 80.1 Å². The predicted molar refractivity (Wildman–Crippen MR) is 133 cm³/mol. The Hall–Kier alpha value is -3.94. The number of carbonyl (C=O) groups excluding carboxylic acids is 2. The second-order valence-electron chi connectivity index (χ2n) is 8.49. The van der Waals surface area contributed by atoms with Crippen molar-refractivity contribution in [1.82, 2.24) is 4.90 Å². The molecule has 0 saturated heterocycles. The second kappa shape index (κ2) is 10.3. The van der Waals surface area contributed by atoms with Crippen LogP contribution >= 0.6 is 0 Å². The number of amides is 1. The number of nitrogens with one attached hydrogen (secondary N) is 2. The maximum atomic E-state index is 12.9. The van der Waals surface area contributed by atoms with Gasteiger partial charge in [0.1, 0.15) is 11.4 Å². The minimum atomic E-state index is -0.762. The monoisotopic (exact) mass is 463 g/mol. The van der Waals surface area contributed by atoms with Crippen LogP contribution in [0.15, 0.2) is 58.1 Å². The highest BCUT2D eigenvalue weighted by Gasteiger charge is 2.27. The first-order chi connectivity index (χ1) is 16.1. The number of carbonyl (C=O) groups is 2. The third-order valence-corrected chi connectivity index (χ3v) is 5.90. The largest absolute Gasteiger partial charge is 0.505 e. The van der Waals surface area contributed by atoms with Crippen LogP contribution in [0, 0.1) is 0 Å². The molecule has 0 aliphatic rings. The van der Waals surface area contributed by atoms with Crippen LogP contribution in [0.4, 0.5) is 17.1 Å². The summed E-state index contributed by atoms with van der Waals surface area (Å²) in [6.07, 6.45) is 1.08. The Kier molecular flexibility index (Phi) is 7.50. The third kappa shape index (κ3) is 5.01. The van der Waals surface area contributed by atoms with Gasteiger partial charge < -0.3 is 20.6 Å². The van der Waals surface area contributed by atoms with Crippen LogP contribution in [-0.4, -0.2) is 41.8 Å². The van der Waals surface area contributed by atoms with Gasteiger partial charge in [-0.15, -0.1) is 0 Å². The summed E-state index contributed by atoms with van der Waals surface area (Å²) in [5.41, 5.74) is -0.328. The molecule has 178 valence electrons. The zero-order valence-electron chi connectivity index (χ0n) is 19.7. The first kappa shape index (κ1) is 24.7. The highest BCUT2D eigenvalue weighted by Crippen LogP contribution is 2.32. The Morgan fingerprint density at radius 1 is 0.971 bits per heavy atom. The van der Waals surface area contributed by atoms with Crippen LogP contribution in [0.3, 0.4) is 0 Å². The molecule has 8 nitrogen and oxygen atoms in total. The Bertz CT molecular complexity index is 1260. The van der Waals surface area contributed by atoms with Crippen molar-refractivity contribution in [3.63, 3.8) is 0 Å². The lowest BCUT2D eigenvalue weighted by Crippen LogP contribution is -2.40. The quantitative estimate of drug-likeness (QED) is 0.312. The zero-order chi connectivity index (χ0) is 25.0. The van der Waals surface area contributed by atoms with Crippen molar-refractivity contribution >= 4 is 28.8 Å². The minimum absolute atomic E-state index is 0.0117. The summed E-state index contributed by atoms with van der Waals surface area (Å²) in [6.45, 7) is 3.66. The molecule has 3 aromatic rings. The topological polar surface area (TPSA) is 116 Å². The number of nitrogens with zero attached hydrogens (tertiary/aromatic N) is 1. The lowest BCUT2D eigenvalue weighted by atomic mass is 9.90. The fourth-order valence-corrected chi connectivity index (χ4v) is 3.78. The van der Waals surface area contributed by atoms with Gasteiger partial charge in [0.2, 0.25) is 0 Å². The number of ketones is 1. The smallest absolute Gasteiger partial charge is 0.257 e. The number of para-hydroxylation sites is 1. The molecule has 3 rings (SSSR count). The van der Waals surface area contributed by atoms with Crippen molar-refractivity contribution in [2.75, 3.05) is 24.7 Å². The number of hydrogen-bond acceptors (Lipinski definition) is 7. The van der Waals surface area contributed by atoms with Crippen molar-refractivity contribution in [2.45, 2.75) is 38.6 Å². The Morgan fingerprint density at radius 2 is 1.62 bits per heavy atom. The van der Waals surface area contributed by atoms with Crippen molar-refractivity contribution in [2.24, 2.45) is 0 Å². The van der Waals surface area contributed by atoms with E-state index in [0.717, 1.165) is 12.0 Å². The number of phenols is 1. The number of phenolic OH excluding ortho intramolecular Hbond substituents is 1. The van der Waals surface area contributed by atoms with E-state index in [1.807, 2.05) is 37.3 Å². The maximum Gasteiger partial charge on any atom is 0.257 e. The number of Topliss-reactive ketones (excluding diaryl/α,β-unsaturated/α-hetero) is 1. The minimum Gasteiger partial charge on any atom is -0.505 e. The number of rotatable bonds is 10. The van der Waals surface area contributed by atoms with E-state index in [-0.39, 0.29) is 40.1 Å². The molecule has 3 aromatic carbocycles. The highest BCUT2D eigenvalue weighted by atomic mass is 16.3. The van der Waals surface area contributed by atoms with E-state index in [1.54, 1.807) is 27.1 Å². The maximum absolute atomic E-state index is 12.9. The van der Waals surface area contributed by atoms with Crippen molar-refractivity contribution < 1.29 is 14.7 Å². The van der Waals surface area contributed by atoms with Crippen LogP contribution in [0.5, 0.6) is 5.75 Å². The lowest BCUT2D eigenvalue weighted by molar-refractivity contribution is -0.119. The molecule has 0 aliphatic heterocycles. The standard InChI is InChI=1S/C26H29N3O5/c1-5-16(17-10-7-6-8-11-17)14-20(30)15(2)27-21-22(25(33)24(21)32)28-19-13-9-12-18(23(19)31)26(34)29(3)4/h6-13,15-16,27-28,31H,5,14H2,1-4H3/t15-,16+/m1/s1.